The highest BCUT2D eigenvalue weighted by Gasteiger charge is 2.67. The zero-order valence-corrected chi connectivity index (χ0v) is 17.4. The smallest absolute Gasteiger partial charge is 0.230 e. The summed E-state index contributed by atoms with van der Waals surface area (Å²) >= 11 is 0. The van der Waals surface area contributed by atoms with E-state index in [1.165, 1.54) is 11.1 Å². The minimum absolute atomic E-state index is 0.00788. The van der Waals surface area contributed by atoms with E-state index in [1.54, 1.807) is 24.2 Å². The number of ether oxygens (including phenoxy) is 1. The number of aryl methyl sites for hydroxylation is 2. The van der Waals surface area contributed by atoms with Crippen LogP contribution in [0, 0.1) is 25.7 Å². The molecule has 1 aromatic carbocycles. The Kier molecular flexibility index (Phi) is 4.32. The first-order valence-electron chi connectivity index (χ1n) is 10.2. The SMILES string of the molecule is Cc1ccc(CN2C[C@]34C=C[C@H](O3)[C@@H](C(=O)N(C)Cc3ccno3)[C@@H]4C2=O)cc1C. The molecule has 7 heteroatoms. The van der Waals surface area contributed by atoms with Gasteiger partial charge in [0.1, 0.15) is 5.60 Å². The number of fused-ring (bicyclic) bond motifs is 1. The van der Waals surface area contributed by atoms with Crippen molar-refractivity contribution in [3.05, 3.63) is 65.1 Å². The fourth-order valence-electron chi connectivity index (χ4n) is 5.01. The van der Waals surface area contributed by atoms with Gasteiger partial charge in [-0.1, -0.05) is 35.5 Å². The molecule has 0 saturated carbocycles. The first-order chi connectivity index (χ1) is 14.4. The average molecular weight is 407 g/mol. The summed E-state index contributed by atoms with van der Waals surface area (Å²) in [5.74, 6) is -0.501. The van der Waals surface area contributed by atoms with Crippen molar-refractivity contribution in [3.8, 4) is 0 Å². The number of hydrogen-bond acceptors (Lipinski definition) is 5. The summed E-state index contributed by atoms with van der Waals surface area (Å²) in [6.45, 7) is 5.46. The largest absolute Gasteiger partial charge is 0.360 e. The molecule has 0 unspecified atom stereocenters. The molecule has 3 aliphatic rings. The van der Waals surface area contributed by atoms with Crippen LogP contribution >= 0.6 is 0 Å². The van der Waals surface area contributed by atoms with E-state index in [0.717, 1.165) is 5.56 Å². The van der Waals surface area contributed by atoms with E-state index in [2.05, 4.69) is 37.2 Å². The minimum atomic E-state index is -0.700. The van der Waals surface area contributed by atoms with Gasteiger partial charge >= 0.3 is 0 Å². The van der Waals surface area contributed by atoms with Crippen molar-refractivity contribution in [1.82, 2.24) is 15.0 Å². The number of carbonyl (C=O) groups is 2. The molecular formula is C23H25N3O4. The minimum Gasteiger partial charge on any atom is -0.360 e. The summed E-state index contributed by atoms with van der Waals surface area (Å²) in [7, 11) is 1.72. The Balaban J connectivity index is 1.36. The summed E-state index contributed by atoms with van der Waals surface area (Å²) in [6.07, 6.45) is 5.12. The molecule has 1 aromatic heterocycles. The molecule has 2 bridgehead atoms. The molecule has 2 aromatic rings. The Bertz CT molecular complexity index is 1030. The molecule has 2 saturated heterocycles. The van der Waals surface area contributed by atoms with E-state index < -0.39 is 17.4 Å². The van der Waals surface area contributed by atoms with Gasteiger partial charge in [-0.15, -0.1) is 0 Å². The maximum absolute atomic E-state index is 13.4. The maximum atomic E-state index is 13.4. The van der Waals surface area contributed by atoms with E-state index >= 15 is 0 Å². The third-order valence-electron chi connectivity index (χ3n) is 6.67. The van der Waals surface area contributed by atoms with E-state index in [9.17, 15) is 9.59 Å². The second-order valence-electron chi connectivity index (χ2n) is 8.69. The van der Waals surface area contributed by atoms with Crippen LogP contribution in [-0.4, -0.2) is 52.1 Å². The molecule has 3 aliphatic heterocycles. The van der Waals surface area contributed by atoms with Crippen LogP contribution in [0.5, 0.6) is 0 Å². The fraction of sp³-hybridized carbons (Fsp3) is 0.435. The lowest BCUT2D eigenvalue weighted by Gasteiger charge is -2.27. The lowest BCUT2D eigenvalue weighted by molar-refractivity contribution is -0.143. The molecule has 4 atom stereocenters. The van der Waals surface area contributed by atoms with Crippen LogP contribution in [0.25, 0.3) is 0 Å². The predicted octanol–water partition coefficient (Wildman–Crippen LogP) is 2.23. The summed E-state index contributed by atoms with van der Waals surface area (Å²) in [4.78, 5) is 30.1. The van der Waals surface area contributed by atoms with Gasteiger partial charge in [0.05, 0.1) is 37.2 Å². The first kappa shape index (κ1) is 19.1. The van der Waals surface area contributed by atoms with Crippen LogP contribution in [0.2, 0.25) is 0 Å². The second-order valence-corrected chi connectivity index (χ2v) is 8.69. The normalized spacial score (nSPS) is 29.0. The van der Waals surface area contributed by atoms with Gasteiger partial charge in [0, 0.05) is 19.7 Å². The molecule has 0 radical (unpaired) electrons. The van der Waals surface area contributed by atoms with Gasteiger partial charge in [0.25, 0.3) is 0 Å². The molecule has 156 valence electrons. The summed E-state index contributed by atoms with van der Waals surface area (Å²) < 4.78 is 11.3. The summed E-state index contributed by atoms with van der Waals surface area (Å²) in [6, 6.07) is 7.99. The van der Waals surface area contributed by atoms with Crippen molar-refractivity contribution in [2.75, 3.05) is 13.6 Å². The standard InChI is InChI=1S/C23H25N3O4/c1-14-4-5-16(10-15(14)2)11-26-13-23-8-6-18(29-23)19(20(23)22(26)28)21(27)25(3)12-17-7-9-24-30-17/h4-10,18-20H,11-13H2,1-3H3/t18-,19+,20+,23-/m0/s1. The van der Waals surface area contributed by atoms with E-state index in [1.807, 2.05) is 17.1 Å². The Morgan fingerprint density at radius 3 is 2.87 bits per heavy atom. The molecule has 2 fully saturated rings. The first-order valence-corrected chi connectivity index (χ1v) is 10.2. The van der Waals surface area contributed by atoms with Crippen molar-refractivity contribution in [2.24, 2.45) is 11.8 Å². The van der Waals surface area contributed by atoms with Crippen molar-refractivity contribution < 1.29 is 18.8 Å². The molecule has 0 aliphatic carbocycles. The Labute approximate surface area is 175 Å². The fourth-order valence-corrected chi connectivity index (χ4v) is 5.01. The third kappa shape index (κ3) is 2.88. The van der Waals surface area contributed by atoms with Crippen LogP contribution in [0.4, 0.5) is 0 Å². The maximum Gasteiger partial charge on any atom is 0.230 e. The number of nitrogens with zero attached hydrogens (tertiary/aromatic N) is 3. The van der Waals surface area contributed by atoms with Gasteiger partial charge in [-0.3, -0.25) is 9.59 Å². The molecule has 7 nitrogen and oxygen atoms in total. The van der Waals surface area contributed by atoms with Gasteiger partial charge in [0.2, 0.25) is 11.8 Å². The Hall–Kier alpha value is -2.93. The third-order valence-corrected chi connectivity index (χ3v) is 6.67. The predicted molar refractivity (Wildman–Crippen MR) is 108 cm³/mol. The summed E-state index contributed by atoms with van der Waals surface area (Å²) in [5.41, 5.74) is 2.82. The molecule has 1 spiro atoms. The molecule has 2 amide bonds. The molecule has 4 heterocycles. The Morgan fingerprint density at radius 2 is 2.13 bits per heavy atom. The van der Waals surface area contributed by atoms with Gasteiger partial charge in [-0.25, -0.2) is 0 Å². The molecular weight excluding hydrogens is 382 g/mol. The van der Waals surface area contributed by atoms with Crippen LogP contribution < -0.4 is 0 Å². The number of aromatic nitrogens is 1. The van der Waals surface area contributed by atoms with Crippen LogP contribution in [0.1, 0.15) is 22.5 Å². The topological polar surface area (TPSA) is 75.9 Å². The van der Waals surface area contributed by atoms with E-state index in [-0.39, 0.29) is 17.9 Å². The highest BCUT2D eigenvalue weighted by molar-refractivity contribution is 5.93. The zero-order chi connectivity index (χ0) is 21.0. The highest BCUT2D eigenvalue weighted by Crippen LogP contribution is 2.52. The number of hydrogen-bond donors (Lipinski definition) is 0. The molecule has 5 rings (SSSR count). The van der Waals surface area contributed by atoms with Gasteiger partial charge in [-0.05, 0) is 30.5 Å². The number of benzene rings is 1. The monoisotopic (exact) mass is 407 g/mol. The number of amides is 2. The number of rotatable bonds is 5. The average Bonchev–Trinajstić information content (AvgIpc) is 3.47. The van der Waals surface area contributed by atoms with Gasteiger partial charge < -0.3 is 19.1 Å². The van der Waals surface area contributed by atoms with Gasteiger partial charge in [0.15, 0.2) is 5.76 Å². The van der Waals surface area contributed by atoms with E-state index in [0.29, 0.717) is 25.4 Å². The van der Waals surface area contributed by atoms with Crippen molar-refractivity contribution in [1.29, 1.82) is 0 Å². The quantitative estimate of drug-likeness (QED) is 0.711. The lowest BCUT2D eigenvalue weighted by Crippen LogP contribution is -2.44. The van der Waals surface area contributed by atoms with Crippen molar-refractivity contribution in [3.63, 3.8) is 0 Å². The number of carbonyl (C=O) groups excluding carboxylic acids is 2. The van der Waals surface area contributed by atoms with Crippen LogP contribution in [0.3, 0.4) is 0 Å². The second kappa shape index (κ2) is 6.80. The lowest BCUT2D eigenvalue weighted by atomic mass is 9.76. The number of likely N-dealkylation sites (tertiary alicyclic amines) is 1. The summed E-state index contributed by atoms with van der Waals surface area (Å²) in [5, 5.41) is 3.69. The van der Waals surface area contributed by atoms with Crippen LogP contribution in [0.15, 0.2) is 47.1 Å². The van der Waals surface area contributed by atoms with Crippen LogP contribution in [-0.2, 0) is 27.4 Å². The highest BCUT2D eigenvalue weighted by atomic mass is 16.5. The Morgan fingerprint density at radius 1 is 1.30 bits per heavy atom. The van der Waals surface area contributed by atoms with Crippen molar-refractivity contribution in [2.45, 2.75) is 38.6 Å². The zero-order valence-electron chi connectivity index (χ0n) is 17.4. The van der Waals surface area contributed by atoms with E-state index in [4.69, 9.17) is 9.26 Å². The molecule has 0 N–H and O–H groups in total. The van der Waals surface area contributed by atoms with Gasteiger partial charge in [-0.2, -0.15) is 0 Å². The van der Waals surface area contributed by atoms with Crippen molar-refractivity contribution >= 4 is 11.8 Å². The molecule has 30 heavy (non-hydrogen) atoms.